The maximum absolute atomic E-state index is 5.64. The quantitative estimate of drug-likeness (QED) is 0.434. The third-order valence-electron chi connectivity index (χ3n) is 3.72. The number of hydrogen-bond acceptors (Lipinski definition) is 2. The summed E-state index contributed by atoms with van der Waals surface area (Å²) >= 11 is 3.51. The monoisotopic (exact) mass is 370 g/mol. The lowest BCUT2D eigenvalue weighted by atomic mass is 10.4. The molecule has 1 N–H and O–H groups in total. The number of nitrogens with zero attached hydrogens (tertiary/aromatic N) is 3. The van der Waals surface area contributed by atoms with Gasteiger partial charge >= 0.3 is 0 Å². The predicted molar refractivity (Wildman–Crippen MR) is 94.1 cm³/mol. The number of nitrogens with one attached hydrogen (secondary N) is 1. The highest BCUT2D eigenvalue weighted by molar-refractivity contribution is 9.10. The molecule has 0 bridgehead atoms. The van der Waals surface area contributed by atoms with E-state index in [1.54, 1.807) is 0 Å². The molecular weight excluding hydrogens is 344 g/mol. The van der Waals surface area contributed by atoms with E-state index >= 15 is 0 Å². The first-order valence-electron chi connectivity index (χ1n) is 7.98. The van der Waals surface area contributed by atoms with Crippen LogP contribution in [0.5, 0.6) is 0 Å². The number of guanidine groups is 1. The highest BCUT2D eigenvalue weighted by Crippen LogP contribution is 2.28. The van der Waals surface area contributed by atoms with Gasteiger partial charge in [-0.2, -0.15) is 0 Å². The van der Waals surface area contributed by atoms with Crippen LogP contribution < -0.4 is 5.32 Å². The van der Waals surface area contributed by atoms with Crippen LogP contribution in [0, 0.1) is 5.92 Å². The van der Waals surface area contributed by atoms with Gasteiger partial charge in [-0.15, -0.1) is 0 Å². The number of aromatic nitrogens is 1. The molecule has 0 unspecified atom stereocenters. The summed E-state index contributed by atoms with van der Waals surface area (Å²) in [5, 5.41) is 3.34. The van der Waals surface area contributed by atoms with Crippen LogP contribution in [-0.4, -0.2) is 48.8 Å². The van der Waals surface area contributed by atoms with E-state index in [9.17, 15) is 0 Å². The van der Waals surface area contributed by atoms with Crippen LogP contribution in [0.1, 0.15) is 25.5 Å². The lowest BCUT2D eigenvalue weighted by molar-refractivity contribution is 0.131. The molecule has 2 rings (SSSR count). The molecule has 0 radical (unpaired) electrons. The SMILES string of the molecule is CCNC(=NCCOCC1CC1)N(C)Cc1cc(Br)cn1C. The van der Waals surface area contributed by atoms with Crippen molar-refractivity contribution in [1.29, 1.82) is 0 Å². The Kier molecular flexibility index (Phi) is 6.76. The first-order chi connectivity index (χ1) is 10.6. The van der Waals surface area contributed by atoms with Gasteiger partial charge in [0.15, 0.2) is 5.96 Å². The van der Waals surface area contributed by atoms with Crippen LogP contribution in [0.3, 0.4) is 0 Å². The van der Waals surface area contributed by atoms with Gasteiger partial charge in [-0.3, -0.25) is 4.99 Å². The van der Waals surface area contributed by atoms with Gasteiger partial charge in [0.1, 0.15) is 0 Å². The number of rotatable bonds is 8. The molecule has 124 valence electrons. The molecule has 0 spiro atoms. The van der Waals surface area contributed by atoms with Gasteiger partial charge in [0.25, 0.3) is 0 Å². The second-order valence-electron chi connectivity index (χ2n) is 5.87. The third-order valence-corrected chi connectivity index (χ3v) is 4.15. The van der Waals surface area contributed by atoms with E-state index in [4.69, 9.17) is 4.74 Å². The Bertz CT molecular complexity index is 496. The maximum atomic E-state index is 5.64. The minimum absolute atomic E-state index is 0.703. The van der Waals surface area contributed by atoms with E-state index in [-0.39, 0.29) is 0 Å². The average molecular weight is 371 g/mol. The zero-order valence-corrected chi connectivity index (χ0v) is 15.4. The van der Waals surface area contributed by atoms with Gasteiger partial charge < -0.3 is 19.5 Å². The lowest BCUT2D eigenvalue weighted by Crippen LogP contribution is -2.39. The number of aliphatic imine (C=N–C) groups is 1. The zero-order valence-electron chi connectivity index (χ0n) is 13.8. The topological polar surface area (TPSA) is 41.8 Å². The Hall–Kier alpha value is -1.01. The fraction of sp³-hybridized carbons (Fsp3) is 0.688. The third kappa shape index (κ3) is 5.65. The standard InChI is InChI=1S/C16H27BrN4O/c1-4-18-16(19-7-8-22-12-13-5-6-13)21(3)11-15-9-14(17)10-20(15)2/h9-10,13H,4-8,11-12H2,1-3H3,(H,18,19). The Morgan fingerprint density at radius 1 is 1.55 bits per heavy atom. The van der Waals surface area contributed by atoms with Gasteiger partial charge in [0, 0.05) is 43.6 Å². The molecule has 1 aliphatic carbocycles. The smallest absolute Gasteiger partial charge is 0.194 e. The van der Waals surface area contributed by atoms with Crippen molar-refractivity contribution >= 4 is 21.9 Å². The summed E-state index contributed by atoms with van der Waals surface area (Å²) in [5.41, 5.74) is 1.24. The van der Waals surface area contributed by atoms with E-state index < -0.39 is 0 Å². The van der Waals surface area contributed by atoms with Crippen molar-refractivity contribution in [1.82, 2.24) is 14.8 Å². The normalized spacial score (nSPS) is 15.2. The number of aryl methyl sites for hydroxylation is 1. The van der Waals surface area contributed by atoms with Gasteiger partial charge in [-0.1, -0.05) is 0 Å². The van der Waals surface area contributed by atoms with Crippen molar-refractivity contribution in [3.05, 3.63) is 22.4 Å². The van der Waals surface area contributed by atoms with E-state index in [0.29, 0.717) is 13.2 Å². The molecule has 0 aromatic carbocycles. The molecule has 1 aromatic heterocycles. The van der Waals surface area contributed by atoms with Crippen LogP contribution in [0.15, 0.2) is 21.7 Å². The Labute approximate surface area is 141 Å². The minimum atomic E-state index is 0.703. The molecule has 1 fully saturated rings. The average Bonchev–Trinajstić information content (AvgIpc) is 3.23. The van der Waals surface area contributed by atoms with E-state index in [2.05, 4.69) is 69.0 Å². The highest BCUT2D eigenvalue weighted by atomic mass is 79.9. The summed E-state index contributed by atoms with van der Waals surface area (Å²) < 4.78 is 8.88. The van der Waals surface area contributed by atoms with Crippen LogP contribution >= 0.6 is 15.9 Å². The summed E-state index contributed by atoms with van der Waals surface area (Å²) in [6.45, 7) is 6.08. The Morgan fingerprint density at radius 3 is 2.91 bits per heavy atom. The van der Waals surface area contributed by atoms with E-state index in [1.807, 2.05) is 0 Å². The van der Waals surface area contributed by atoms with Crippen molar-refractivity contribution in [2.45, 2.75) is 26.3 Å². The van der Waals surface area contributed by atoms with Crippen LogP contribution in [0.2, 0.25) is 0 Å². The molecule has 0 aliphatic heterocycles. The van der Waals surface area contributed by atoms with Gasteiger partial charge in [-0.05, 0) is 47.7 Å². The molecule has 1 heterocycles. The second kappa shape index (κ2) is 8.58. The fourth-order valence-electron chi connectivity index (χ4n) is 2.26. The summed E-state index contributed by atoms with van der Waals surface area (Å²) in [4.78, 5) is 6.79. The van der Waals surface area contributed by atoms with Crippen molar-refractivity contribution in [2.24, 2.45) is 18.0 Å². The van der Waals surface area contributed by atoms with Gasteiger partial charge in [-0.25, -0.2) is 0 Å². The first-order valence-corrected chi connectivity index (χ1v) is 8.77. The number of halogens is 1. The summed E-state index contributed by atoms with van der Waals surface area (Å²) in [6, 6.07) is 2.14. The summed E-state index contributed by atoms with van der Waals surface area (Å²) in [7, 11) is 4.12. The van der Waals surface area contributed by atoms with Gasteiger partial charge in [0.2, 0.25) is 0 Å². The van der Waals surface area contributed by atoms with E-state index in [0.717, 1.165) is 36.0 Å². The minimum Gasteiger partial charge on any atom is -0.379 e. The maximum Gasteiger partial charge on any atom is 0.194 e. The second-order valence-corrected chi connectivity index (χ2v) is 6.79. The molecule has 1 saturated carbocycles. The zero-order chi connectivity index (χ0) is 15.9. The molecule has 0 atom stereocenters. The molecule has 22 heavy (non-hydrogen) atoms. The van der Waals surface area contributed by atoms with Crippen LogP contribution in [-0.2, 0) is 18.3 Å². The molecule has 5 nitrogen and oxygen atoms in total. The van der Waals surface area contributed by atoms with Gasteiger partial charge in [0.05, 0.1) is 19.7 Å². The lowest BCUT2D eigenvalue weighted by Gasteiger charge is -2.22. The molecule has 1 aliphatic rings. The summed E-state index contributed by atoms with van der Waals surface area (Å²) in [5.74, 6) is 1.74. The Morgan fingerprint density at radius 2 is 2.32 bits per heavy atom. The van der Waals surface area contributed by atoms with Crippen molar-refractivity contribution in [2.75, 3.05) is 33.4 Å². The molecule has 1 aromatic rings. The summed E-state index contributed by atoms with van der Waals surface area (Å²) in [6.07, 6.45) is 4.74. The van der Waals surface area contributed by atoms with Crippen LogP contribution in [0.25, 0.3) is 0 Å². The first kappa shape index (κ1) is 17.3. The van der Waals surface area contributed by atoms with Crippen molar-refractivity contribution in [3.63, 3.8) is 0 Å². The molecule has 6 heteroatoms. The highest BCUT2D eigenvalue weighted by Gasteiger charge is 2.20. The van der Waals surface area contributed by atoms with Crippen molar-refractivity contribution in [3.8, 4) is 0 Å². The molecular formula is C16H27BrN4O. The molecule has 0 amide bonds. The van der Waals surface area contributed by atoms with Crippen LogP contribution in [0.4, 0.5) is 0 Å². The largest absolute Gasteiger partial charge is 0.379 e. The Balaban J connectivity index is 1.82. The molecule has 0 saturated heterocycles. The fourth-order valence-corrected chi connectivity index (χ4v) is 2.83. The van der Waals surface area contributed by atoms with Crippen molar-refractivity contribution < 1.29 is 4.74 Å². The van der Waals surface area contributed by atoms with E-state index in [1.165, 1.54) is 18.5 Å². The number of hydrogen-bond donors (Lipinski definition) is 1. The number of ether oxygens (including phenoxy) is 1. The predicted octanol–water partition coefficient (Wildman–Crippen LogP) is 2.61.